The number of nitrogens with zero attached hydrogens (tertiary/aromatic N) is 5. The first kappa shape index (κ1) is 18.7. The first-order valence-electron chi connectivity index (χ1n) is 7.23. The Morgan fingerprint density at radius 3 is 2.60 bits per heavy atom. The van der Waals surface area contributed by atoms with E-state index in [9.17, 15) is 18.0 Å². The van der Waals surface area contributed by atoms with E-state index in [0.29, 0.717) is 25.0 Å². The summed E-state index contributed by atoms with van der Waals surface area (Å²) in [6, 6.07) is 3.85. The van der Waals surface area contributed by atoms with Crippen LogP contribution in [0.2, 0.25) is 5.02 Å². The molecule has 2 heterocycles. The monoisotopic (exact) mass is 371 g/mol. The lowest BCUT2D eigenvalue weighted by Gasteiger charge is -2.22. The number of rotatable bonds is 5. The maximum absolute atomic E-state index is 12.6. The third kappa shape index (κ3) is 4.09. The van der Waals surface area contributed by atoms with E-state index < -0.39 is 17.3 Å². The van der Waals surface area contributed by atoms with E-state index in [-0.39, 0.29) is 17.3 Å². The van der Waals surface area contributed by atoms with Crippen molar-refractivity contribution in [2.24, 2.45) is 0 Å². The maximum atomic E-state index is 12.6. The number of pyridine rings is 1. The molecule has 0 fully saturated rings. The lowest BCUT2D eigenvalue weighted by atomic mass is 10.3. The number of nitriles is 1. The van der Waals surface area contributed by atoms with Gasteiger partial charge in [0.05, 0.1) is 29.9 Å². The molecule has 0 unspecified atom stereocenters. The molecule has 2 aromatic rings. The Kier molecular flexibility index (Phi) is 5.64. The second-order valence-electron chi connectivity index (χ2n) is 4.95. The predicted octanol–water partition coefficient (Wildman–Crippen LogP) is 3.04. The Morgan fingerprint density at radius 2 is 2.08 bits per heavy atom. The van der Waals surface area contributed by atoms with Crippen LogP contribution >= 0.6 is 11.6 Å². The maximum Gasteiger partial charge on any atom is 0.417 e. The zero-order chi connectivity index (χ0) is 18.6. The summed E-state index contributed by atoms with van der Waals surface area (Å²) in [4.78, 5) is 17.7. The zero-order valence-corrected chi connectivity index (χ0v) is 13.8. The molecule has 132 valence electrons. The molecule has 0 aliphatic rings. The Hall–Kier alpha value is -2.60. The summed E-state index contributed by atoms with van der Waals surface area (Å²) in [5.41, 5.74) is -1.28. The van der Waals surface area contributed by atoms with Gasteiger partial charge in [-0.3, -0.25) is 4.79 Å². The number of aromatic nitrogens is 3. The number of halogens is 4. The smallest absolute Gasteiger partial charge is 0.368 e. The Balaban J connectivity index is 2.40. The summed E-state index contributed by atoms with van der Waals surface area (Å²) in [5.74, 6) is -0.0773. The fourth-order valence-electron chi connectivity index (χ4n) is 2.12. The van der Waals surface area contributed by atoms with Crippen LogP contribution in [0.1, 0.15) is 18.9 Å². The van der Waals surface area contributed by atoms with Crippen molar-refractivity contribution in [3.63, 3.8) is 0 Å². The van der Waals surface area contributed by atoms with Gasteiger partial charge in [0.2, 0.25) is 0 Å². The standard InChI is InChI=1S/C15H13ClF3N5O/c1-2-23(7-3-6-20)11-9-22-24(14(25)13(11)16)12-5-4-10(8-21-12)15(17,18)19/h4-5,8-9H,2-3,7H2,1H3. The highest BCUT2D eigenvalue weighted by Crippen LogP contribution is 2.28. The van der Waals surface area contributed by atoms with E-state index in [2.05, 4.69) is 10.1 Å². The van der Waals surface area contributed by atoms with Crippen LogP contribution in [-0.2, 0) is 6.18 Å². The van der Waals surface area contributed by atoms with Crippen molar-refractivity contribution < 1.29 is 13.2 Å². The van der Waals surface area contributed by atoms with Gasteiger partial charge in [0.1, 0.15) is 5.02 Å². The van der Waals surface area contributed by atoms with E-state index in [0.717, 1.165) is 16.8 Å². The summed E-state index contributed by atoms with van der Waals surface area (Å²) in [5, 5.41) is 12.5. The van der Waals surface area contributed by atoms with Crippen LogP contribution in [0.5, 0.6) is 0 Å². The van der Waals surface area contributed by atoms with Gasteiger partial charge >= 0.3 is 6.18 Å². The first-order chi connectivity index (χ1) is 11.8. The minimum Gasteiger partial charge on any atom is -0.368 e. The molecule has 0 N–H and O–H groups in total. The van der Waals surface area contributed by atoms with Crippen molar-refractivity contribution in [1.29, 1.82) is 5.26 Å². The van der Waals surface area contributed by atoms with Crippen molar-refractivity contribution in [3.8, 4) is 11.9 Å². The van der Waals surface area contributed by atoms with E-state index in [1.807, 2.05) is 13.0 Å². The minimum atomic E-state index is -4.52. The minimum absolute atomic E-state index is 0.0773. The molecule has 0 bridgehead atoms. The molecule has 0 spiro atoms. The van der Waals surface area contributed by atoms with E-state index in [4.69, 9.17) is 16.9 Å². The summed E-state index contributed by atoms with van der Waals surface area (Å²) in [6.45, 7) is 2.71. The van der Waals surface area contributed by atoms with Gasteiger partial charge < -0.3 is 4.90 Å². The summed E-state index contributed by atoms with van der Waals surface area (Å²) in [6.07, 6.45) is -2.33. The molecule has 2 aromatic heterocycles. The molecule has 2 rings (SSSR count). The SMILES string of the molecule is CCN(CCC#N)c1cnn(-c2ccc(C(F)(F)F)cn2)c(=O)c1Cl. The fourth-order valence-corrected chi connectivity index (χ4v) is 2.37. The molecule has 0 aliphatic heterocycles. The highest BCUT2D eigenvalue weighted by atomic mass is 35.5. The second-order valence-corrected chi connectivity index (χ2v) is 5.33. The Bertz CT molecular complexity index is 842. The van der Waals surface area contributed by atoms with Crippen LogP contribution in [0.3, 0.4) is 0 Å². The van der Waals surface area contributed by atoms with Gasteiger partial charge in [0.15, 0.2) is 5.82 Å². The molecule has 0 atom stereocenters. The molecule has 0 aliphatic carbocycles. The first-order valence-corrected chi connectivity index (χ1v) is 7.60. The van der Waals surface area contributed by atoms with Crippen molar-refractivity contribution >= 4 is 17.3 Å². The summed E-state index contributed by atoms with van der Waals surface area (Å²) in [7, 11) is 0. The van der Waals surface area contributed by atoms with Crippen molar-refractivity contribution in [2.45, 2.75) is 19.5 Å². The van der Waals surface area contributed by atoms with Crippen LogP contribution in [0.4, 0.5) is 18.9 Å². The number of hydrogen-bond donors (Lipinski definition) is 0. The lowest BCUT2D eigenvalue weighted by Crippen LogP contribution is -2.29. The highest BCUT2D eigenvalue weighted by molar-refractivity contribution is 6.33. The van der Waals surface area contributed by atoms with Gasteiger partial charge in [0, 0.05) is 19.3 Å². The van der Waals surface area contributed by atoms with Gasteiger partial charge in [-0.25, -0.2) is 4.98 Å². The summed E-state index contributed by atoms with van der Waals surface area (Å²) >= 11 is 6.10. The number of alkyl halides is 3. The third-order valence-corrected chi connectivity index (χ3v) is 3.76. The van der Waals surface area contributed by atoms with Crippen LogP contribution < -0.4 is 10.5 Å². The van der Waals surface area contributed by atoms with Crippen molar-refractivity contribution in [2.75, 3.05) is 18.0 Å². The van der Waals surface area contributed by atoms with Crippen LogP contribution in [0.25, 0.3) is 5.82 Å². The topological polar surface area (TPSA) is 74.8 Å². The average Bonchev–Trinajstić information content (AvgIpc) is 2.58. The van der Waals surface area contributed by atoms with Gasteiger partial charge in [-0.1, -0.05) is 11.6 Å². The average molecular weight is 372 g/mol. The second kappa shape index (κ2) is 7.53. The molecule has 0 aromatic carbocycles. The lowest BCUT2D eigenvalue weighted by molar-refractivity contribution is -0.137. The largest absolute Gasteiger partial charge is 0.417 e. The van der Waals surface area contributed by atoms with Gasteiger partial charge in [-0.15, -0.1) is 0 Å². The van der Waals surface area contributed by atoms with Crippen molar-refractivity contribution in [1.82, 2.24) is 14.8 Å². The molecule has 0 radical (unpaired) electrons. The van der Waals surface area contributed by atoms with E-state index >= 15 is 0 Å². The third-order valence-electron chi connectivity index (χ3n) is 3.41. The molecule has 0 saturated heterocycles. The molecule has 6 nitrogen and oxygen atoms in total. The van der Waals surface area contributed by atoms with Crippen LogP contribution in [-0.4, -0.2) is 27.9 Å². The van der Waals surface area contributed by atoms with Gasteiger partial charge in [-0.05, 0) is 19.1 Å². The van der Waals surface area contributed by atoms with Crippen LogP contribution in [0, 0.1) is 11.3 Å². The molecule has 10 heteroatoms. The molecular formula is C15H13ClF3N5O. The molecule has 0 saturated carbocycles. The van der Waals surface area contributed by atoms with E-state index in [1.54, 1.807) is 4.90 Å². The zero-order valence-electron chi connectivity index (χ0n) is 13.1. The highest BCUT2D eigenvalue weighted by Gasteiger charge is 2.30. The van der Waals surface area contributed by atoms with Gasteiger partial charge in [0.25, 0.3) is 5.56 Å². The van der Waals surface area contributed by atoms with E-state index in [1.165, 1.54) is 6.20 Å². The van der Waals surface area contributed by atoms with Gasteiger partial charge in [-0.2, -0.15) is 28.2 Å². The van der Waals surface area contributed by atoms with Crippen LogP contribution in [0.15, 0.2) is 29.3 Å². The summed E-state index contributed by atoms with van der Waals surface area (Å²) < 4.78 is 38.5. The quantitative estimate of drug-likeness (QED) is 0.807. The fraction of sp³-hybridized carbons (Fsp3) is 0.333. The normalized spacial score (nSPS) is 11.2. The predicted molar refractivity (Wildman–Crippen MR) is 85.8 cm³/mol. The number of anilines is 1. The molecular weight excluding hydrogens is 359 g/mol. The number of hydrogen-bond acceptors (Lipinski definition) is 5. The Morgan fingerprint density at radius 1 is 1.36 bits per heavy atom. The van der Waals surface area contributed by atoms with Crippen molar-refractivity contribution in [3.05, 3.63) is 45.5 Å². The molecule has 25 heavy (non-hydrogen) atoms. The Labute approximate surface area is 146 Å². The molecule has 0 amide bonds.